The maximum absolute atomic E-state index is 16.5. The summed E-state index contributed by atoms with van der Waals surface area (Å²) in [5, 5.41) is 20.1. The van der Waals surface area contributed by atoms with Crippen molar-refractivity contribution in [3.05, 3.63) is 81.6 Å². The molecular formula is C36H36ClFN4O4. The Morgan fingerprint density at radius 2 is 1.17 bits per heavy atom. The monoisotopic (exact) mass is 642 g/mol. The van der Waals surface area contributed by atoms with Gasteiger partial charge in [0.1, 0.15) is 5.82 Å². The summed E-state index contributed by atoms with van der Waals surface area (Å²) in [6.45, 7) is 2.60. The Morgan fingerprint density at radius 3 is 1.67 bits per heavy atom. The lowest BCUT2D eigenvalue weighted by atomic mass is 9.96. The van der Waals surface area contributed by atoms with Crippen molar-refractivity contribution in [2.75, 3.05) is 40.4 Å². The van der Waals surface area contributed by atoms with E-state index in [-0.39, 0.29) is 24.3 Å². The molecular weight excluding hydrogens is 607 g/mol. The molecule has 0 spiro atoms. The average Bonchev–Trinajstić information content (AvgIpc) is 3.65. The maximum atomic E-state index is 16.5. The molecule has 238 valence electrons. The van der Waals surface area contributed by atoms with Gasteiger partial charge in [-0.2, -0.15) is 0 Å². The summed E-state index contributed by atoms with van der Waals surface area (Å²) in [6.07, 6.45) is 3.01. The molecule has 46 heavy (non-hydrogen) atoms. The van der Waals surface area contributed by atoms with Gasteiger partial charge in [-0.05, 0) is 55.0 Å². The quantitative estimate of drug-likeness (QED) is 0.269. The van der Waals surface area contributed by atoms with E-state index in [1.807, 2.05) is 30.3 Å². The Kier molecular flexibility index (Phi) is 7.49. The molecule has 0 saturated carbocycles. The van der Waals surface area contributed by atoms with Gasteiger partial charge >= 0.3 is 0 Å². The number of aliphatic hydroxyl groups is 2. The summed E-state index contributed by atoms with van der Waals surface area (Å²) in [6, 6.07) is 15.3. The number of hydrogen-bond acceptors (Lipinski definition) is 8. The lowest BCUT2D eigenvalue weighted by Gasteiger charge is -2.40. The Balaban J connectivity index is 1.15. The Hall–Kier alpha value is -3.60. The van der Waals surface area contributed by atoms with Crippen LogP contribution in [0.15, 0.2) is 48.5 Å². The van der Waals surface area contributed by atoms with Crippen molar-refractivity contribution in [1.82, 2.24) is 19.8 Å². The van der Waals surface area contributed by atoms with Crippen LogP contribution in [0.25, 0.3) is 33.6 Å². The fraction of sp³-hybridized carbons (Fsp3) is 0.389. The van der Waals surface area contributed by atoms with Gasteiger partial charge in [0.15, 0.2) is 0 Å². The van der Waals surface area contributed by atoms with E-state index < -0.39 is 5.82 Å². The Bertz CT molecular complexity index is 1710. The van der Waals surface area contributed by atoms with Gasteiger partial charge in [-0.25, -0.2) is 14.4 Å². The van der Waals surface area contributed by atoms with E-state index in [1.54, 1.807) is 26.4 Å². The zero-order chi connectivity index (χ0) is 31.7. The van der Waals surface area contributed by atoms with Crippen molar-refractivity contribution in [3.8, 4) is 45.4 Å². The molecule has 0 bridgehead atoms. The molecule has 4 heterocycles. The summed E-state index contributed by atoms with van der Waals surface area (Å²) in [7, 11) is 3.23. The molecule has 2 aromatic heterocycles. The molecule has 2 aromatic carbocycles. The molecule has 8 nitrogen and oxygen atoms in total. The van der Waals surface area contributed by atoms with E-state index in [2.05, 4.69) is 15.9 Å². The lowest BCUT2D eigenvalue weighted by Crippen LogP contribution is -2.51. The number of pyridine rings is 2. The van der Waals surface area contributed by atoms with Crippen molar-refractivity contribution in [2.45, 2.75) is 50.0 Å². The highest BCUT2D eigenvalue weighted by atomic mass is 35.5. The predicted molar refractivity (Wildman–Crippen MR) is 174 cm³/mol. The molecule has 2 aliphatic carbocycles. The van der Waals surface area contributed by atoms with Crippen molar-refractivity contribution in [2.24, 2.45) is 0 Å². The predicted octanol–water partition coefficient (Wildman–Crippen LogP) is 5.61. The van der Waals surface area contributed by atoms with Crippen LogP contribution in [0.2, 0.25) is 5.02 Å². The van der Waals surface area contributed by atoms with Gasteiger partial charge in [0.2, 0.25) is 11.8 Å². The number of β-amino-alcohol motifs (C(OH)–C–C–N with tert-alkyl or cyclic N) is 2. The van der Waals surface area contributed by atoms with Crippen LogP contribution in [0, 0.1) is 5.82 Å². The van der Waals surface area contributed by atoms with E-state index in [9.17, 15) is 10.2 Å². The number of benzene rings is 2. The topological polar surface area (TPSA) is 91.2 Å². The van der Waals surface area contributed by atoms with E-state index in [0.717, 1.165) is 47.9 Å². The third-order valence-electron chi connectivity index (χ3n) is 10.1. The molecule has 2 N–H and O–H groups in total. The molecule has 2 atom stereocenters. The number of hydrogen-bond donors (Lipinski definition) is 2. The Labute approximate surface area is 272 Å². The molecule has 2 saturated heterocycles. The Morgan fingerprint density at radius 1 is 0.717 bits per heavy atom. The standard InChI is InChI=1S/C36H36ClFN4O4/c1-45-35-31-19(9-11-29(31)41-15-21(43)16-41)13-27(39-35)25-7-3-5-23(33(25)37)24-6-4-8-26(34(24)38)28-14-20-10-12-30(42-17-22(44)18-42)32(20)36(40-28)46-2/h3-8,13-14,21-22,29-30,43-44H,9-12,15-18H2,1-2H3/t29-,30+/m0/s1. The minimum absolute atomic E-state index is 0.147. The number of aromatic nitrogens is 2. The molecule has 4 aliphatic rings. The third-order valence-corrected chi connectivity index (χ3v) is 10.6. The van der Waals surface area contributed by atoms with E-state index in [0.29, 0.717) is 76.6 Å². The summed E-state index contributed by atoms with van der Waals surface area (Å²) in [5.74, 6) is 0.663. The minimum atomic E-state index is -0.407. The number of ether oxygens (including phenoxy) is 2. The number of likely N-dealkylation sites (tertiary alicyclic amines) is 2. The first-order chi connectivity index (χ1) is 22.3. The van der Waals surface area contributed by atoms with Gasteiger partial charge in [0.25, 0.3) is 0 Å². The van der Waals surface area contributed by atoms with Crippen LogP contribution in [0.3, 0.4) is 0 Å². The number of nitrogens with zero attached hydrogens (tertiary/aromatic N) is 4. The van der Waals surface area contributed by atoms with Gasteiger partial charge in [0.05, 0.1) is 42.8 Å². The third kappa shape index (κ3) is 4.79. The fourth-order valence-electron chi connectivity index (χ4n) is 7.84. The van der Waals surface area contributed by atoms with Crippen LogP contribution in [0.5, 0.6) is 11.8 Å². The lowest BCUT2D eigenvalue weighted by molar-refractivity contribution is -0.0257. The molecule has 4 aromatic rings. The second kappa shape index (κ2) is 11.6. The average molecular weight is 643 g/mol. The zero-order valence-electron chi connectivity index (χ0n) is 25.8. The minimum Gasteiger partial charge on any atom is -0.481 e. The number of methoxy groups -OCH3 is 2. The summed E-state index contributed by atoms with van der Waals surface area (Å²) in [5.41, 5.74) is 7.59. The second-order valence-electron chi connectivity index (χ2n) is 12.8. The summed E-state index contributed by atoms with van der Waals surface area (Å²) >= 11 is 7.08. The normalized spacial score (nSPS) is 21.5. The van der Waals surface area contributed by atoms with Gasteiger partial charge in [0, 0.05) is 71.6 Å². The molecule has 2 aliphatic heterocycles. The molecule has 0 unspecified atom stereocenters. The molecule has 0 radical (unpaired) electrons. The highest BCUT2D eigenvalue weighted by Crippen LogP contribution is 2.47. The second-order valence-corrected chi connectivity index (χ2v) is 13.2. The summed E-state index contributed by atoms with van der Waals surface area (Å²) < 4.78 is 28.0. The van der Waals surface area contributed by atoms with Crippen LogP contribution in [0.4, 0.5) is 4.39 Å². The van der Waals surface area contributed by atoms with E-state index in [4.69, 9.17) is 31.0 Å². The first-order valence-corrected chi connectivity index (χ1v) is 16.3. The number of aryl methyl sites for hydroxylation is 2. The van der Waals surface area contributed by atoms with Gasteiger partial charge in [-0.1, -0.05) is 41.9 Å². The van der Waals surface area contributed by atoms with Crippen LogP contribution >= 0.6 is 11.6 Å². The van der Waals surface area contributed by atoms with Crippen LogP contribution in [-0.4, -0.2) is 82.6 Å². The van der Waals surface area contributed by atoms with Crippen LogP contribution in [-0.2, 0) is 12.8 Å². The largest absolute Gasteiger partial charge is 0.481 e. The molecule has 10 heteroatoms. The smallest absolute Gasteiger partial charge is 0.218 e. The van der Waals surface area contributed by atoms with Gasteiger partial charge < -0.3 is 19.7 Å². The molecule has 8 rings (SSSR count). The first-order valence-electron chi connectivity index (χ1n) is 15.9. The van der Waals surface area contributed by atoms with Crippen molar-refractivity contribution in [1.29, 1.82) is 0 Å². The molecule has 2 fully saturated rings. The van der Waals surface area contributed by atoms with Crippen molar-refractivity contribution in [3.63, 3.8) is 0 Å². The van der Waals surface area contributed by atoms with Crippen molar-refractivity contribution >= 4 is 11.6 Å². The SMILES string of the molecule is COc1nc(-c2cccc(-c3cccc(-c4cc5c(c(OC)n4)[C@@H](N4CC(O)C4)CC5)c3Cl)c2F)cc2c1[C@H](N1CC(O)C1)CC2. The number of rotatable bonds is 7. The van der Waals surface area contributed by atoms with Crippen molar-refractivity contribution < 1.29 is 24.1 Å². The highest BCUT2D eigenvalue weighted by molar-refractivity contribution is 6.36. The van der Waals surface area contributed by atoms with Gasteiger partial charge in [-0.15, -0.1) is 0 Å². The van der Waals surface area contributed by atoms with Crippen LogP contribution < -0.4 is 9.47 Å². The van der Waals surface area contributed by atoms with E-state index in [1.165, 1.54) is 0 Å². The van der Waals surface area contributed by atoms with Crippen LogP contribution in [0.1, 0.15) is 47.2 Å². The zero-order valence-corrected chi connectivity index (χ0v) is 26.6. The number of aliphatic hydroxyl groups excluding tert-OH is 2. The number of halogens is 2. The molecule has 0 amide bonds. The fourth-order valence-corrected chi connectivity index (χ4v) is 8.17. The highest BCUT2D eigenvalue weighted by Gasteiger charge is 2.39. The van der Waals surface area contributed by atoms with Gasteiger partial charge in [-0.3, -0.25) is 9.80 Å². The maximum Gasteiger partial charge on any atom is 0.218 e. The van der Waals surface area contributed by atoms with E-state index >= 15 is 4.39 Å². The summed E-state index contributed by atoms with van der Waals surface area (Å²) in [4.78, 5) is 14.2. The number of fused-ring (bicyclic) bond motifs is 2. The first kappa shape index (κ1) is 29.8.